The van der Waals surface area contributed by atoms with E-state index in [0.29, 0.717) is 12.1 Å². The normalized spacial score (nSPS) is 13.1. The van der Waals surface area contributed by atoms with Gasteiger partial charge in [0.05, 0.1) is 0 Å². The van der Waals surface area contributed by atoms with Gasteiger partial charge in [0, 0.05) is 19.1 Å². The van der Waals surface area contributed by atoms with Crippen LogP contribution in [-0.4, -0.2) is 13.1 Å². The van der Waals surface area contributed by atoms with E-state index in [9.17, 15) is 4.39 Å². The lowest BCUT2D eigenvalue weighted by molar-refractivity contribution is 0.221. The maximum atomic E-state index is 14.1. The van der Waals surface area contributed by atoms with Crippen LogP contribution in [0.3, 0.4) is 0 Å². The topological polar surface area (TPSA) is 38.0 Å². The lowest BCUT2D eigenvalue weighted by Gasteiger charge is -2.18. The minimum atomic E-state index is -1.31. The molecule has 2 aromatic carbocycles. The highest BCUT2D eigenvalue weighted by Crippen LogP contribution is 2.31. The van der Waals surface area contributed by atoms with Gasteiger partial charge in [0.2, 0.25) is 0 Å². The molecule has 0 aliphatic heterocycles. The van der Waals surface area contributed by atoms with Crippen molar-refractivity contribution in [1.29, 1.82) is 0 Å². The van der Waals surface area contributed by atoms with Crippen LogP contribution in [-0.2, 0) is 5.67 Å². The number of hydrogen-bond acceptors (Lipinski definition) is 2. The summed E-state index contributed by atoms with van der Waals surface area (Å²) < 4.78 is 14.1. The molecule has 0 bridgehead atoms. The Kier molecular flexibility index (Phi) is 5.55. The molecule has 3 N–H and O–H groups in total. The van der Waals surface area contributed by atoms with Crippen molar-refractivity contribution >= 4 is 0 Å². The van der Waals surface area contributed by atoms with Crippen LogP contribution < -0.4 is 11.1 Å². The van der Waals surface area contributed by atoms with Gasteiger partial charge in [-0.25, -0.2) is 4.39 Å². The zero-order chi connectivity index (χ0) is 17.0. The number of benzene rings is 2. The van der Waals surface area contributed by atoms with Gasteiger partial charge in [-0.2, -0.15) is 0 Å². The molecule has 0 aliphatic carbocycles. The molecule has 1 atom stereocenters. The minimum Gasteiger partial charge on any atom is -0.329 e. The highest BCUT2D eigenvalue weighted by atomic mass is 19.1. The van der Waals surface area contributed by atoms with Crippen LogP contribution in [0.1, 0.15) is 43.5 Å². The number of nitrogens with one attached hydrogen (secondary N) is 1. The van der Waals surface area contributed by atoms with Crippen molar-refractivity contribution in [3.05, 3.63) is 59.2 Å². The molecule has 2 rings (SSSR count). The highest BCUT2D eigenvalue weighted by Gasteiger charge is 2.19. The summed E-state index contributed by atoms with van der Waals surface area (Å²) in [5.41, 5.74) is 9.57. The van der Waals surface area contributed by atoms with E-state index in [2.05, 4.69) is 36.5 Å². The van der Waals surface area contributed by atoms with Crippen molar-refractivity contribution in [3.8, 4) is 11.1 Å². The molecular formula is C20H27FN2. The van der Waals surface area contributed by atoms with Gasteiger partial charge in [-0.05, 0) is 61.6 Å². The van der Waals surface area contributed by atoms with Crippen molar-refractivity contribution < 1.29 is 4.39 Å². The third-order valence-electron chi connectivity index (χ3n) is 4.21. The number of alkyl halides is 1. The first-order valence-electron chi connectivity index (χ1n) is 8.16. The third kappa shape index (κ3) is 4.40. The van der Waals surface area contributed by atoms with Crippen LogP contribution in [0.5, 0.6) is 0 Å². The Balaban J connectivity index is 2.32. The number of rotatable bonds is 6. The fourth-order valence-electron chi connectivity index (χ4n) is 2.75. The molecule has 23 heavy (non-hydrogen) atoms. The van der Waals surface area contributed by atoms with E-state index in [0.717, 1.165) is 23.2 Å². The van der Waals surface area contributed by atoms with E-state index in [1.54, 1.807) is 13.8 Å². The predicted molar refractivity (Wildman–Crippen MR) is 96.2 cm³/mol. The third-order valence-corrected chi connectivity index (χ3v) is 4.21. The van der Waals surface area contributed by atoms with Gasteiger partial charge < -0.3 is 11.1 Å². The number of nitrogens with two attached hydrogens (primary N) is 1. The SMILES string of the molecule is Cc1cc(C(C)(C)F)ccc1-c1cccc(C(C)NCCN)c1. The summed E-state index contributed by atoms with van der Waals surface area (Å²) in [4.78, 5) is 0. The summed E-state index contributed by atoms with van der Waals surface area (Å²) in [5.74, 6) is 0. The second-order valence-electron chi connectivity index (χ2n) is 6.59. The molecule has 0 spiro atoms. The first-order chi connectivity index (χ1) is 10.8. The van der Waals surface area contributed by atoms with Gasteiger partial charge in [-0.3, -0.25) is 0 Å². The average Bonchev–Trinajstić information content (AvgIpc) is 2.51. The molecule has 0 saturated carbocycles. The smallest absolute Gasteiger partial charge is 0.130 e. The van der Waals surface area contributed by atoms with Gasteiger partial charge >= 0.3 is 0 Å². The molecule has 0 radical (unpaired) electrons. The van der Waals surface area contributed by atoms with Crippen molar-refractivity contribution in [2.75, 3.05) is 13.1 Å². The maximum Gasteiger partial charge on any atom is 0.130 e. The summed E-state index contributed by atoms with van der Waals surface area (Å²) in [5, 5.41) is 3.40. The summed E-state index contributed by atoms with van der Waals surface area (Å²) in [6, 6.07) is 14.6. The van der Waals surface area contributed by atoms with E-state index in [-0.39, 0.29) is 6.04 Å². The van der Waals surface area contributed by atoms with Crippen LogP contribution in [0.2, 0.25) is 0 Å². The van der Waals surface area contributed by atoms with Crippen LogP contribution in [0.15, 0.2) is 42.5 Å². The van der Waals surface area contributed by atoms with Gasteiger partial charge in [0.15, 0.2) is 0 Å². The monoisotopic (exact) mass is 314 g/mol. The Morgan fingerprint density at radius 1 is 1.17 bits per heavy atom. The zero-order valence-corrected chi connectivity index (χ0v) is 14.5. The predicted octanol–water partition coefficient (Wildman–Crippen LogP) is 4.48. The summed E-state index contributed by atoms with van der Waals surface area (Å²) in [6.07, 6.45) is 0. The molecule has 2 aromatic rings. The quantitative estimate of drug-likeness (QED) is 0.825. The summed E-state index contributed by atoms with van der Waals surface area (Å²) in [7, 11) is 0. The molecule has 2 nitrogen and oxygen atoms in total. The van der Waals surface area contributed by atoms with E-state index in [1.165, 1.54) is 5.56 Å². The molecule has 0 aliphatic rings. The summed E-state index contributed by atoms with van der Waals surface area (Å²) in [6.45, 7) is 8.78. The van der Waals surface area contributed by atoms with Gasteiger partial charge in [0.1, 0.15) is 5.67 Å². The number of halogens is 1. The molecule has 0 amide bonds. The minimum absolute atomic E-state index is 0.253. The first-order valence-corrected chi connectivity index (χ1v) is 8.16. The Bertz CT molecular complexity index is 659. The Morgan fingerprint density at radius 3 is 2.52 bits per heavy atom. The van der Waals surface area contributed by atoms with Gasteiger partial charge in [-0.15, -0.1) is 0 Å². The van der Waals surface area contributed by atoms with Crippen LogP contribution in [0, 0.1) is 6.92 Å². The number of hydrogen-bond donors (Lipinski definition) is 2. The second-order valence-corrected chi connectivity index (χ2v) is 6.59. The van der Waals surface area contributed by atoms with Crippen molar-refractivity contribution in [3.63, 3.8) is 0 Å². The van der Waals surface area contributed by atoms with E-state index in [4.69, 9.17) is 5.73 Å². The molecule has 0 fully saturated rings. The first kappa shape index (κ1) is 17.6. The average molecular weight is 314 g/mol. The van der Waals surface area contributed by atoms with E-state index >= 15 is 0 Å². The lowest BCUT2D eigenvalue weighted by atomic mass is 9.92. The molecule has 0 aromatic heterocycles. The van der Waals surface area contributed by atoms with Crippen molar-refractivity contribution in [2.24, 2.45) is 5.73 Å². The number of aryl methyl sites for hydroxylation is 1. The largest absolute Gasteiger partial charge is 0.329 e. The molecule has 3 heteroatoms. The standard InChI is InChI=1S/C20H27FN2/c1-14-12-18(20(3,4)21)8-9-19(14)17-7-5-6-16(13-17)15(2)23-11-10-22/h5-9,12-13,15,23H,10-11,22H2,1-4H3. The Morgan fingerprint density at radius 2 is 1.91 bits per heavy atom. The fourth-order valence-corrected chi connectivity index (χ4v) is 2.75. The summed E-state index contributed by atoms with van der Waals surface area (Å²) >= 11 is 0. The lowest BCUT2D eigenvalue weighted by Crippen LogP contribution is -2.25. The van der Waals surface area contributed by atoms with Crippen LogP contribution in [0.4, 0.5) is 4.39 Å². The van der Waals surface area contributed by atoms with Gasteiger partial charge in [0.25, 0.3) is 0 Å². The molecular weight excluding hydrogens is 287 g/mol. The molecule has 0 heterocycles. The van der Waals surface area contributed by atoms with Crippen molar-refractivity contribution in [2.45, 2.75) is 39.4 Å². The highest BCUT2D eigenvalue weighted by molar-refractivity contribution is 5.68. The second kappa shape index (κ2) is 7.24. The fraction of sp³-hybridized carbons (Fsp3) is 0.400. The van der Waals surface area contributed by atoms with Crippen LogP contribution >= 0.6 is 0 Å². The van der Waals surface area contributed by atoms with E-state index < -0.39 is 5.67 Å². The Hall–Kier alpha value is -1.71. The maximum absolute atomic E-state index is 14.1. The zero-order valence-electron chi connectivity index (χ0n) is 14.5. The molecule has 0 saturated heterocycles. The Labute approximate surface area is 138 Å². The van der Waals surface area contributed by atoms with Crippen LogP contribution in [0.25, 0.3) is 11.1 Å². The van der Waals surface area contributed by atoms with Crippen molar-refractivity contribution in [1.82, 2.24) is 5.32 Å². The van der Waals surface area contributed by atoms with E-state index in [1.807, 2.05) is 25.1 Å². The van der Waals surface area contributed by atoms with Gasteiger partial charge in [-0.1, -0.05) is 36.4 Å². The molecule has 124 valence electrons. The molecule has 1 unspecified atom stereocenters.